The summed E-state index contributed by atoms with van der Waals surface area (Å²) in [5.74, 6) is -0.210. The Morgan fingerprint density at radius 1 is 1.36 bits per heavy atom. The van der Waals surface area contributed by atoms with E-state index in [-0.39, 0.29) is 18.0 Å². The third-order valence-electron chi connectivity index (χ3n) is 1.81. The van der Waals surface area contributed by atoms with E-state index in [1.165, 1.54) is 6.07 Å². The van der Waals surface area contributed by atoms with Crippen LogP contribution in [0, 0.1) is 5.82 Å². The summed E-state index contributed by atoms with van der Waals surface area (Å²) in [5.41, 5.74) is 1.33. The van der Waals surface area contributed by atoms with Crippen LogP contribution in [0.3, 0.4) is 0 Å². The minimum Gasteiger partial charge on any atom is -0.298 e. The van der Waals surface area contributed by atoms with Gasteiger partial charge in [-0.3, -0.25) is 4.79 Å². The molecule has 76 valence electrons. The maximum absolute atomic E-state index is 13.3. The first-order valence-electron chi connectivity index (χ1n) is 4.08. The second kappa shape index (κ2) is 5.61. The quantitative estimate of drug-likeness (QED) is 0.777. The molecular weight excluding hydrogens is 315 g/mol. The van der Waals surface area contributed by atoms with Gasteiger partial charge in [-0.15, -0.1) is 0 Å². The lowest BCUT2D eigenvalue weighted by Crippen LogP contribution is -2.04. The van der Waals surface area contributed by atoms with Crippen molar-refractivity contribution in [3.63, 3.8) is 0 Å². The van der Waals surface area contributed by atoms with Crippen molar-refractivity contribution in [1.29, 1.82) is 0 Å². The van der Waals surface area contributed by atoms with Gasteiger partial charge in [-0.05, 0) is 17.2 Å². The van der Waals surface area contributed by atoms with Gasteiger partial charge in [-0.25, -0.2) is 4.39 Å². The van der Waals surface area contributed by atoms with Crippen LogP contribution in [-0.4, -0.2) is 11.1 Å². The first-order chi connectivity index (χ1) is 6.67. The summed E-state index contributed by atoms with van der Waals surface area (Å²) in [4.78, 5) is 11.1. The summed E-state index contributed by atoms with van der Waals surface area (Å²) in [6.45, 7) is 0. The Bertz CT molecular complexity index is 339. The molecule has 1 aromatic carbocycles. The fourth-order valence-corrected chi connectivity index (χ4v) is 1.74. The molecule has 0 aromatic heterocycles. The molecule has 14 heavy (non-hydrogen) atoms. The van der Waals surface area contributed by atoms with E-state index in [2.05, 4.69) is 31.9 Å². The van der Waals surface area contributed by atoms with Gasteiger partial charge in [-0.1, -0.05) is 44.0 Å². The zero-order valence-corrected chi connectivity index (χ0v) is 10.6. The predicted octanol–water partition coefficient (Wildman–Crippen LogP) is 3.23. The molecule has 0 amide bonds. The van der Waals surface area contributed by atoms with Gasteiger partial charge in [0.25, 0.3) is 0 Å². The van der Waals surface area contributed by atoms with E-state index in [9.17, 15) is 9.18 Å². The summed E-state index contributed by atoms with van der Waals surface area (Å²) >= 11 is 6.25. The van der Waals surface area contributed by atoms with Crippen LogP contribution in [-0.2, 0) is 16.5 Å². The minimum atomic E-state index is -0.262. The van der Waals surface area contributed by atoms with Crippen LogP contribution in [0.5, 0.6) is 0 Å². The number of rotatable bonds is 4. The van der Waals surface area contributed by atoms with E-state index in [4.69, 9.17) is 0 Å². The van der Waals surface area contributed by atoms with Gasteiger partial charge < -0.3 is 0 Å². The van der Waals surface area contributed by atoms with Crippen LogP contribution in [0.2, 0.25) is 0 Å². The van der Waals surface area contributed by atoms with Crippen LogP contribution in [0.1, 0.15) is 11.1 Å². The standard InChI is InChI=1S/C10H9Br2FO/c11-5-8-2-1-7(4-10(8)13)3-9(14)6-12/h1-2,4H,3,5-6H2. The van der Waals surface area contributed by atoms with E-state index in [1.807, 2.05) is 0 Å². The molecule has 0 spiro atoms. The fourth-order valence-electron chi connectivity index (χ4n) is 1.08. The highest BCUT2D eigenvalue weighted by Crippen LogP contribution is 2.14. The zero-order valence-electron chi connectivity index (χ0n) is 7.40. The minimum absolute atomic E-state index is 0.0518. The van der Waals surface area contributed by atoms with Crippen LogP contribution in [0.25, 0.3) is 0 Å². The summed E-state index contributed by atoms with van der Waals surface area (Å²) in [5, 5.41) is 0.806. The maximum Gasteiger partial charge on any atom is 0.147 e. The molecular formula is C10H9Br2FO. The Hall–Kier alpha value is -0.220. The first-order valence-corrected chi connectivity index (χ1v) is 6.32. The lowest BCUT2D eigenvalue weighted by atomic mass is 10.1. The molecule has 4 heteroatoms. The summed E-state index contributed by atoms with van der Waals surface area (Å²) in [7, 11) is 0. The third-order valence-corrected chi connectivity index (χ3v) is 3.04. The second-order valence-electron chi connectivity index (χ2n) is 2.91. The molecule has 0 unspecified atom stereocenters. The second-order valence-corrected chi connectivity index (χ2v) is 4.03. The third kappa shape index (κ3) is 3.17. The van der Waals surface area contributed by atoms with Gasteiger partial charge in [0.1, 0.15) is 11.6 Å². The van der Waals surface area contributed by atoms with E-state index in [0.29, 0.717) is 16.2 Å². The van der Waals surface area contributed by atoms with E-state index in [1.54, 1.807) is 12.1 Å². The molecule has 1 nitrogen and oxygen atoms in total. The highest BCUT2D eigenvalue weighted by atomic mass is 79.9. The normalized spacial score (nSPS) is 10.2. The van der Waals surface area contributed by atoms with Crippen molar-refractivity contribution in [2.24, 2.45) is 0 Å². The predicted molar refractivity (Wildman–Crippen MR) is 61.5 cm³/mol. The smallest absolute Gasteiger partial charge is 0.147 e. The number of benzene rings is 1. The van der Waals surface area contributed by atoms with Crippen molar-refractivity contribution in [1.82, 2.24) is 0 Å². The molecule has 0 saturated carbocycles. The van der Waals surface area contributed by atoms with Crippen molar-refractivity contribution < 1.29 is 9.18 Å². The Morgan fingerprint density at radius 2 is 2.07 bits per heavy atom. The van der Waals surface area contributed by atoms with Crippen molar-refractivity contribution in [3.8, 4) is 0 Å². The molecule has 0 aliphatic heterocycles. The Balaban J connectivity index is 2.81. The van der Waals surface area contributed by atoms with Crippen molar-refractivity contribution in [3.05, 3.63) is 35.1 Å². The summed E-state index contributed by atoms with van der Waals surface area (Å²) in [6.07, 6.45) is 0.282. The molecule has 0 fully saturated rings. The van der Waals surface area contributed by atoms with Gasteiger partial charge in [0.15, 0.2) is 0 Å². The molecule has 0 bridgehead atoms. The van der Waals surface area contributed by atoms with E-state index < -0.39 is 0 Å². The number of alkyl halides is 2. The Morgan fingerprint density at radius 3 is 2.57 bits per heavy atom. The number of hydrogen-bond donors (Lipinski definition) is 0. The van der Waals surface area contributed by atoms with Crippen LogP contribution >= 0.6 is 31.9 Å². The molecule has 1 rings (SSSR count). The van der Waals surface area contributed by atoms with Crippen molar-refractivity contribution in [2.75, 3.05) is 5.33 Å². The number of Topliss-reactive ketones (excluding diaryl/α,β-unsaturated/α-hetero) is 1. The van der Waals surface area contributed by atoms with Gasteiger partial charge in [0.2, 0.25) is 0 Å². The number of hydrogen-bond acceptors (Lipinski definition) is 1. The number of carbonyl (C=O) groups excluding carboxylic acids is 1. The van der Waals surface area contributed by atoms with Gasteiger partial charge >= 0.3 is 0 Å². The van der Waals surface area contributed by atoms with Gasteiger partial charge in [0.05, 0.1) is 5.33 Å². The molecule has 0 radical (unpaired) electrons. The molecule has 0 atom stereocenters. The average Bonchev–Trinajstić information content (AvgIpc) is 2.18. The number of ketones is 1. The molecule has 0 aliphatic rings. The van der Waals surface area contributed by atoms with E-state index in [0.717, 1.165) is 5.56 Å². The highest BCUT2D eigenvalue weighted by molar-refractivity contribution is 9.09. The molecule has 0 saturated heterocycles. The fraction of sp³-hybridized carbons (Fsp3) is 0.300. The molecule has 0 aliphatic carbocycles. The zero-order chi connectivity index (χ0) is 10.6. The SMILES string of the molecule is O=C(CBr)Cc1ccc(CBr)c(F)c1. The molecule has 0 heterocycles. The largest absolute Gasteiger partial charge is 0.298 e. The highest BCUT2D eigenvalue weighted by Gasteiger charge is 2.05. The Kier molecular flexibility index (Phi) is 4.75. The number of halogens is 3. The van der Waals surface area contributed by atoms with E-state index >= 15 is 0 Å². The van der Waals surface area contributed by atoms with Crippen LogP contribution in [0.15, 0.2) is 18.2 Å². The summed E-state index contributed by atoms with van der Waals surface area (Å²) in [6, 6.07) is 4.89. The van der Waals surface area contributed by atoms with Crippen molar-refractivity contribution in [2.45, 2.75) is 11.8 Å². The maximum atomic E-state index is 13.3. The Labute approximate surface area is 99.0 Å². The van der Waals surface area contributed by atoms with Crippen LogP contribution < -0.4 is 0 Å². The molecule has 1 aromatic rings. The lowest BCUT2D eigenvalue weighted by molar-refractivity contribution is -0.115. The van der Waals surface area contributed by atoms with Crippen molar-refractivity contribution >= 4 is 37.6 Å². The molecule has 0 N–H and O–H groups in total. The summed E-state index contributed by atoms with van der Waals surface area (Å²) < 4.78 is 13.3. The topological polar surface area (TPSA) is 17.1 Å². The lowest BCUT2D eigenvalue weighted by Gasteiger charge is -2.02. The number of carbonyl (C=O) groups is 1. The van der Waals surface area contributed by atoms with Crippen LogP contribution in [0.4, 0.5) is 4.39 Å². The van der Waals surface area contributed by atoms with Gasteiger partial charge in [0, 0.05) is 11.8 Å². The average molecular weight is 324 g/mol. The van der Waals surface area contributed by atoms with Gasteiger partial charge in [-0.2, -0.15) is 0 Å². The monoisotopic (exact) mass is 322 g/mol. The first kappa shape index (κ1) is 11.9.